The Morgan fingerprint density at radius 1 is 0.810 bits per heavy atom. The maximum absolute atomic E-state index is 11.3. The minimum Gasteiger partial charge on any atom is -0.544 e. The quantitative estimate of drug-likeness (QED) is 0.183. The van der Waals surface area contributed by atoms with Crippen LogP contribution in [0.3, 0.4) is 0 Å². The van der Waals surface area contributed by atoms with Gasteiger partial charge in [-0.05, 0) is 0 Å². The first-order valence-electron chi connectivity index (χ1n) is 3.57. The Morgan fingerprint density at radius 3 is 0.952 bits per heavy atom. The number of halogens is 2. The smallest absolute Gasteiger partial charge is 0.544 e. The predicted molar refractivity (Wildman–Crippen MR) is 42.6 cm³/mol. The van der Waals surface area contributed by atoms with Crippen LogP contribution in [0.15, 0.2) is 0 Å². The van der Waals surface area contributed by atoms with Crippen molar-refractivity contribution < 1.29 is 101 Å². The zero-order valence-electron chi connectivity index (χ0n) is 10.5. The molecule has 0 aliphatic heterocycles. The van der Waals surface area contributed by atoms with Crippen LogP contribution in [0.4, 0.5) is 8.78 Å². The van der Waals surface area contributed by atoms with Gasteiger partial charge in [0.15, 0.2) is 0 Å². The van der Waals surface area contributed by atoms with E-state index in [0.29, 0.717) is 0 Å². The third-order valence-electron chi connectivity index (χ3n) is 0.696. The maximum atomic E-state index is 11.3. The number of carbonyl (C=O) groups excluding carboxylic acids is 2. The van der Waals surface area contributed by atoms with E-state index < -0.39 is 37.1 Å². The Balaban J connectivity index is -0.0000000627. The number of aliphatic carboxylic acids is 4. The average molecular weight is 304 g/mol. The van der Waals surface area contributed by atoms with Crippen molar-refractivity contribution in [3.05, 3.63) is 0 Å². The molecule has 110 valence electrons. The topological polar surface area (TPSA) is 216 Å². The number of carboxylic acids is 4. The number of carbonyl (C=O) groups is 4. The van der Waals surface area contributed by atoms with Crippen LogP contribution in [-0.4, -0.2) is 62.4 Å². The molecule has 0 aromatic rings. The largest absolute Gasteiger partial charge is 1.00 e. The van der Waals surface area contributed by atoms with E-state index in [1.54, 1.807) is 0 Å². The first-order valence-corrected chi connectivity index (χ1v) is 3.57. The van der Waals surface area contributed by atoms with Gasteiger partial charge >= 0.3 is 62.9 Å². The SMILES string of the molecule is O=C(O)C(=O)O.O=C([O-])C(F)(F)C(=O)[O-].OB(O)O.[Li+].[Li+]. The second-order valence-electron chi connectivity index (χ2n) is 2.11. The molecule has 0 aromatic carbocycles. The molecule has 0 spiro atoms. The van der Waals surface area contributed by atoms with Gasteiger partial charge in [-0.1, -0.05) is 0 Å². The molecule has 16 heteroatoms. The fourth-order valence-electron chi connectivity index (χ4n) is 0.0833. The molecule has 0 aliphatic carbocycles. The Morgan fingerprint density at radius 2 is 0.952 bits per heavy atom. The maximum Gasteiger partial charge on any atom is 1.00 e. The number of hydrogen-bond donors (Lipinski definition) is 5. The van der Waals surface area contributed by atoms with Crippen molar-refractivity contribution in [1.82, 2.24) is 0 Å². The van der Waals surface area contributed by atoms with Crippen molar-refractivity contribution >= 4 is 31.2 Å². The van der Waals surface area contributed by atoms with Gasteiger partial charge in [-0.2, -0.15) is 8.78 Å². The van der Waals surface area contributed by atoms with Crippen LogP contribution in [0.1, 0.15) is 0 Å². The molecule has 0 radical (unpaired) electrons. The first-order chi connectivity index (χ1) is 8.26. The standard InChI is InChI=1S/C3H2F2O4.C2H2O4.BH3O3.2Li/c4-3(5,1(6)7)2(8)9;3-1(4)2(5)6;2-1(3)4;;/h(H,6,7)(H,8,9);(H,3,4)(H,5,6);2-4H;;/q;;;2*+1/p-2. The summed E-state index contributed by atoms with van der Waals surface area (Å²) in [6, 6.07) is 0. The molecular formula is C5H5BF2Li2O11. The third kappa shape index (κ3) is 24.3. The normalized spacial score (nSPS) is 8.05. The van der Waals surface area contributed by atoms with Crippen molar-refractivity contribution in [1.29, 1.82) is 0 Å². The Bertz CT molecular complexity index is 319. The summed E-state index contributed by atoms with van der Waals surface area (Å²) in [5.74, 6) is -14.5. The van der Waals surface area contributed by atoms with E-state index in [2.05, 4.69) is 0 Å². The Kier molecular flexibility index (Phi) is 23.3. The molecule has 0 heterocycles. The second-order valence-corrected chi connectivity index (χ2v) is 2.11. The molecule has 0 amide bonds. The summed E-state index contributed by atoms with van der Waals surface area (Å²) >= 11 is 0. The fourth-order valence-corrected chi connectivity index (χ4v) is 0.0833. The van der Waals surface area contributed by atoms with Gasteiger partial charge in [0, 0.05) is 0 Å². The average Bonchev–Trinajstić information content (AvgIpc) is 2.16. The summed E-state index contributed by atoms with van der Waals surface area (Å²) in [6.07, 6.45) is 0. The summed E-state index contributed by atoms with van der Waals surface area (Å²) < 4.78 is 22.7. The van der Waals surface area contributed by atoms with E-state index in [4.69, 9.17) is 34.9 Å². The Hall–Kier alpha value is -1.12. The summed E-state index contributed by atoms with van der Waals surface area (Å²) in [5, 5.41) is 54.6. The number of carboxylic acid groups (broad SMARTS) is 4. The zero-order chi connectivity index (χ0) is 16.4. The molecule has 0 aliphatic rings. The van der Waals surface area contributed by atoms with Crippen LogP contribution in [0.2, 0.25) is 0 Å². The third-order valence-corrected chi connectivity index (χ3v) is 0.696. The molecule has 0 saturated carbocycles. The number of alkyl halides is 2. The van der Waals surface area contributed by atoms with Gasteiger partial charge in [-0.3, -0.25) is 0 Å². The molecule has 0 aromatic heterocycles. The van der Waals surface area contributed by atoms with Crippen molar-refractivity contribution in [2.24, 2.45) is 0 Å². The molecule has 11 nitrogen and oxygen atoms in total. The minimum atomic E-state index is -4.89. The van der Waals surface area contributed by atoms with Crippen LogP contribution in [0.5, 0.6) is 0 Å². The van der Waals surface area contributed by atoms with Crippen LogP contribution in [0.25, 0.3) is 0 Å². The van der Waals surface area contributed by atoms with Gasteiger partial charge in [0.25, 0.3) is 0 Å². The molecule has 5 N–H and O–H groups in total. The van der Waals surface area contributed by atoms with E-state index in [1.165, 1.54) is 0 Å². The molecule has 0 rings (SSSR count). The molecule has 0 saturated heterocycles. The predicted octanol–water partition coefficient (Wildman–Crippen LogP) is -11.8. The fraction of sp³-hybridized carbons (Fsp3) is 0.200. The van der Waals surface area contributed by atoms with Gasteiger partial charge in [0.1, 0.15) is 11.9 Å². The van der Waals surface area contributed by atoms with Crippen LogP contribution >= 0.6 is 0 Å². The van der Waals surface area contributed by atoms with Crippen molar-refractivity contribution in [3.63, 3.8) is 0 Å². The molecular weight excluding hydrogens is 299 g/mol. The van der Waals surface area contributed by atoms with Gasteiger partial charge < -0.3 is 45.1 Å². The van der Waals surface area contributed by atoms with Crippen molar-refractivity contribution in [2.75, 3.05) is 0 Å². The molecule has 0 fully saturated rings. The van der Waals surface area contributed by atoms with Crippen LogP contribution < -0.4 is 47.9 Å². The molecule has 21 heavy (non-hydrogen) atoms. The van der Waals surface area contributed by atoms with Gasteiger partial charge in [-0.25, -0.2) is 9.59 Å². The monoisotopic (exact) mass is 304 g/mol. The minimum absolute atomic E-state index is 0. The Labute approximate surface area is 138 Å². The number of rotatable bonds is 2. The van der Waals surface area contributed by atoms with Crippen LogP contribution in [0, 0.1) is 0 Å². The van der Waals surface area contributed by atoms with Gasteiger partial charge in [0.05, 0.1) is 0 Å². The van der Waals surface area contributed by atoms with E-state index in [0.717, 1.165) is 0 Å². The summed E-state index contributed by atoms with van der Waals surface area (Å²) in [7, 11) is -2.17. The molecule has 0 unspecified atom stereocenters. The van der Waals surface area contributed by atoms with E-state index in [1.807, 2.05) is 0 Å². The first kappa shape index (κ1) is 32.0. The van der Waals surface area contributed by atoms with Gasteiger partial charge in [-0.15, -0.1) is 0 Å². The summed E-state index contributed by atoms with van der Waals surface area (Å²) in [4.78, 5) is 36.6. The number of hydrogen-bond acceptors (Lipinski definition) is 9. The van der Waals surface area contributed by atoms with Crippen molar-refractivity contribution in [3.8, 4) is 0 Å². The summed E-state index contributed by atoms with van der Waals surface area (Å²) in [5.41, 5.74) is 0. The van der Waals surface area contributed by atoms with Crippen LogP contribution in [-0.2, 0) is 19.2 Å². The molecule has 0 atom stereocenters. The van der Waals surface area contributed by atoms with Crippen molar-refractivity contribution in [2.45, 2.75) is 5.92 Å². The van der Waals surface area contributed by atoms with E-state index in [9.17, 15) is 28.6 Å². The summed E-state index contributed by atoms with van der Waals surface area (Å²) in [6.45, 7) is 0. The molecule has 0 bridgehead atoms. The van der Waals surface area contributed by atoms with E-state index >= 15 is 0 Å². The van der Waals surface area contributed by atoms with Gasteiger partial charge in [0.2, 0.25) is 0 Å². The van der Waals surface area contributed by atoms with E-state index in [-0.39, 0.29) is 37.7 Å². The zero-order valence-corrected chi connectivity index (χ0v) is 10.5. The second kappa shape index (κ2) is 15.3.